The van der Waals surface area contributed by atoms with E-state index < -0.39 is 0 Å². The van der Waals surface area contributed by atoms with E-state index in [1.54, 1.807) is 0 Å². The van der Waals surface area contributed by atoms with Crippen LogP contribution in [0.5, 0.6) is 0 Å². The Morgan fingerprint density at radius 2 is 2.08 bits per heavy atom. The zero-order valence-corrected chi connectivity index (χ0v) is 9.18. The number of alkyl halides is 1. The van der Waals surface area contributed by atoms with Crippen LogP contribution >= 0.6 is 15.9 Å². The largest absolute Gasteiger partial charge is 0.0988 e. The van der Waals surface area contributed by atoms with Gasteiger partial charge in [-0.05, 0) is 22.4 Å². The molecule has 0 amide bonds. The van der Waals surface area contributed by atoms with E-state index in [4.69, 9.17) is 0 Å². The monoisotopic (exact) mass is 236 g/mol. The molecule has 1 aromatic rings. The standard InChI is InChI=1S/C12H13Br/c1-3-11(8-9-13)12-7-5-4-6-10(12)2/h3-7H,1-2,8-9H2/b12-11+. The lowest BCUT2D eigenvalue weighted by atomic mass is 10.1. The van der Waals surface area contributed by atoms with Crippen LogP contribution in [0.1, 0.15) is 6.42 Å². The van der Waals surface area contributed by atoms with Gasteiger partial charge in [-0.3, -0.25) is 0 Å². The van der Waals surface area contributed by atoms with E-state index in [2.05, 4.69) is 35.2 Å². The van der Waals surface area contributed by atoms with E-state index in [1.165, 1.54) is 10.8 Å². The molecule has 0 saturated heterocycles. The summed E-state index contributed by atoms with van der Waals surface area (Å²) in [6, 6.07) is 8.14. The molecule has 0 atom stereocenters. The van der Waals surface area contributed by atoms with E-state index in [0.717, 1.165) is 17.0 Å². The van der Waals surface area contributed by atoms with Crippen molar-refractivity contribution in [2.24, 2.45) is 0 Å². The Labute approximate surface area is 87.4 Å². The van der Waals surface area contributed by atoms with Crippen LogP contribution in [0.2, 0.25) is 0 Å². The molecule has 0 radical (unpaired) electrons. The van der Waals surface area contributed by atoms with Gasteiger partial charge in [-0.1, -0.05) is 59.4 Å². The Balaban J connectivity index is 3.36. The quantitative estimate of drug-likeness (QED) is 0.707. The average Bonchev–Trinajstić information content (AvgIpc) is 2.16. The molecule has 0 unspecified atom stereocenters. The topological polar surface area (TPSA) is 0 Å². The molecule has 0 bridgehead atoms. The minimum atomic E-state index is 0.961. The van der Waals surface area contributed by atoms with Gasteiger partial charge in [0.2, 0.25) is 0 Å². The Bertz CT molecular complexity index is 390. The van der Waals surface area contributed by atoms with Crippen molar-refractivity contribution < 1.29 is 0 Å². The average molecular weight is 237 g/mol. The fourth-order valence-corrected chi connectivity index (χ4v) is 1.71. The summed E-state index contributed by atoms with van der Waals surface area (Å²) >= 11 is 3.42. The summed E-state index contributed by atoms with van der Waals surface area (Å²) in [4.78, 5) is 0. The molecule has 0 aliphatic carbocycles. The molecule has 1 rings (SSSR count). The molecule has 0 aliphatic rings. The second kappa shape index (κ2) is 5.03. The lowest BCUT2D eigenvalue weighted by Gasteiger charge is -1.98. The normalized spacial score (nSPS) is 12.4. The molecule has 0 fully saturated rings. The van der Waals surface area contributed by atoms with Crippen LogP contribution in [-0.4, -0.2) is 5.33 Å². The molecule has 68 valence electrons. The van der Waals surface area contributed by atoms with E-state index in [-0.39, 0.29) is 0 Å². The summed E-state index contributed by atoms with van der Waals surface area (Å²) in [5.74, 6) is 0. The number of hydrogen-bond donors (Lipinski definition) is 0. The third kappa shape index (κ3) is 2.56. The zero-order chi connectivity index (χ0) is 9.68. The molecule has 0 spiro atoms. The summed E-state index contributed by atoms with van der Waals surface area (Å²) in [6.45, 7) is 7.80. The van der Waals surface area contributed by atoms with E-state index in [1.807, 2.05) is 24.3 Å². The van der Waals surface area contributed by atoms with Crippen molar-refractivity contribution in [1.29, 1.82) is 0 Å². The van der Waals surface area contributed by atoms with Gasteiger partial charge in [0.25, 0.3) is 0 Å². The molecule has 0 heterocycles. The van der Waals surface area contributed by atoms with Crippen molar-refractivity contribution in [2.75, 3.05) is 5.33 Å². The molecule has 1 aromatic carbocycles. The summed E-state index contributed by atoms with van der Waals surface area (Å²) < 4.78 is 0. The Morgan fingerprint density at radius 1 is 1.38 bits per heavy atom. The van der Waals surface area contributed by atoms with Gasteiger partial charge in [0.1, 0.15) is 0 Å². The Hall–Kier alpha value is -0.820. The summed E-state index contributed by atoms with van der Waals surface area (Å²) in [6.07, 6.45) is 2.90. The Morgan fingerprint density at radius 3 is 2.62 bits per heavy atom. The van der Waals surface area contributed by atoms with Crippen molar-refractivity contribution in [3.05, 3.63) is 47.4 Å². The van der Waals surface area contributed by atoms with Crippen LogP contribution in [0, 0.1) is 0 Å². The minimum absolute atomic E-state index is 0.961. The van der Waals surface area contributed by atoms with Crippen molar-refractivity contribution in [3.8, 4) is 0 Å². The van der Waals surface area contributed by atoms with Gasteiger partial charge in [0.15, 0.2) is 0 Å². The predicted octanol–water partition coefficient (Wildman–Crippen LogP) is 2.22. The van der Waals surface area contributed by atoms with Crippen molar-refractivity contribution in [2.45, 2.75) is 6.42 Å². The van der Waals surface area contributed by atoms with Gasteiger partial charge in [-0.2, -0.15) is 0 Å². The lowest BCUT2D eigenvalue weighted by molar-refractivity contribution is 1.27. The first-order valence-electron chi connectivity index (χ1n) is 4.25. The molecule has 0 aliphatic heterocycles. The van der Waals surface area contributed by atoms with Crippen LogP contribution < -0.4 is 10.4 Å². The molecular weight excluding hydrogens is 224 g/mol. The third-order valence-corrected chi connectivity index (χ3v) is 2.37. The first kappa shape index (κ1) is 10.3. The van der Waals surface area contributed by atoms with Gasteiger partial charge in [-0.15, -0.1) is 0 Å². The summed E-state index contributed by atoms with van der Waals surface area (Å²) in [7, 11) is 0. The van der Waals surface area contributed by atoms with Gasteiger partial charge in [0.05, 0.1) is 0 Å². The number of halogens is 1. The minimum Gasteiger partial charge on any atom is -0.0988 e. The molecule has 0 saturated carbocycles. The molecule has 1 heteroatoms. The fraction of sp³-hybridized carbons (Fsp3) is 0.167. The van der Waals surface area contributed by atoms with Gasteiger partial charge in [-0.25, -0.2) is 0 Å². The second-order valence-electron chi connectivity index (χ2n) is 2.83. The maximum atomic E-state index is 3.99. The highest BCUT2D eigenvalue weighted by Gasteiger charge is 1.92. The number of benzene rings is 1. The summed E-state index contributed by atoms with van der Waals surface area (Å²) in [5, 5.41) is 3.23. The Kier molecular flexibility index (Phi) is 3.97. The highest BCUT2D eigenvalue weighted by Crippen LogP contribution is 2.02. The molecule has 13 heavy (non-hydrogen) atoms. The van der Waals surface area contributed by atoms with E-state index in [0.29, 0.717) is 0 Å². The molecule has 0 nitrogen and oxygen atoms in total. The smallest absolute Gasteiger partial charge is 0.00720 e. The predicted molar refractivity (Wildman–Crippen MR) is 63.2 cm³/mol. The highest BCUT2D eigenvalue weighted by atomic mass is 79.9. The van der Waals surface area contributed by atoms with Gasteiger partial charge >= 0.3 is 0 Å². The van der Waals surface area contributed by atoms with Gasteiger partial charge < -0.3 is 0 Å². The van der Waals surface area contributed by atoms with Crippen LogP contribution in [-0.2, 0) is 0 Å². The fourth-order valence-electron chi connectivity index (χ4n) is 1.28. The lowest BCUT2D eigenvalue weighted by Crippen LogP contribution is -2.24. The maximum absolute atomic E-state index is 3.99. The second-order valence-corrected chi connectivity index (χ2v) is 3.62. The van der Waals surface area contributed by atoms with Gasteiger partial charge in [0, 0.05) is 5.33 Å². The van der Waals surface area contributed by atoms with E-state index in [9.17, 15) is 0 Å². The maximum Gasteiger partial charge on any atom is 0.00720 e. The van der Waals surface area contributed by atoms with Crippen LogP contribution in [0.25, 0.3) is 12.2 Å². The van der Waals surface area contributed by atoms with Crippen molar-refractivity contribution in [1.82, 2.24) is 0 Å². The molecular formula is C12H13Br. The zero-order valence-electron chi connectivity index (χ0n) is 7.59. The van der Waals surface area contributed by atoms with Crippen molar-refractivity contribution in [3.63, 3.8) is 0 Å². The van der Waals surface area contributed by atoms with Crippen LogP contribution in [0.3, 0.4) is 0 Å². The number of allylic oxidation sites excluding steroid dienone is 1. The SMILES string of the molecule is C=C/C(CCBr)=c1/ccccc1=C. The van der Waals surface area contributed by atoms with Crippen molar-refractivity contribution >= 4 is 28.1 Å². The summed E-state index contributed by atoms with van der Waals surface area (Å²) in [5.41, 5.74) is 1.25. The van der Waals surface area contributed by atoms with Crippen LogP contribution in [0.4, 0.5) is 0 Å². The number of hydrogen-bond acceptors (Lipinski definition) is 0. The molecule has 0 aromatic heterocycles. The first-order chi connectivity index (χ1) is 6.29. The molecule has 0 N–H and O–H groups in total. The van der Waals surface area contributed by atoms with Crippen LogP contribution in [0.15, 0.2) is 36.9 Å². The first-order valence-corrected chi connectivity index (χ1v) is 5.37. The number of rotatable bonds is 3. The third-order valence-electron chi connectivity index (χ3n) is 1.97. The van der Waals surface area contributed by atoms with E-state index >= 15 is 0 Å². The highest BCUT2D eigenvalue weighted by molar-refractivity contribution is 9.09.